The monoisotopic (exact) mass is 364 g/mol. The molecule has 0 atom stereocenters. The average molecular weight is 364 g/mol. The predicted molar refractivity (Wildman–Crippen MR) is 89.5 cm³/mol. The summed E-state index contributed by atoms with van der Waals surface area (Å²) >= 11 is 2.34. The number of anilines is 2. The van der Waals surface area contributed by atoms with E-state index in [4.69, 9.17) is 5.73 Å². The minimum Gasteiger partial charge on any atom is -0.398 e. The summed E-state index contributed by atoms with van der Waals surface area (Å²) in [5.41, 5.74) is 12.2. The Morgan fingerprint density at radius 2 is 1.95 bits per heavy atom. The second-order valence-electron chi connectivity index (χ2n) is 5.14. The lowest BCUT2D eigenvalue weighted by Crippen LogP contribution is -2.19. The lowest BCUT2D eigenvalue weighted by molar-refractivity contribution is 0.836. The number of fused-ring (bicyclic) bond motifs is 1. The molecule has 3 rings (SSSR count). The van der Waals surface area contributed by atoms with Gasteiger partial charge in [-0.1, -0.05) is 18.2 Å². The fourth-order valence-corrected chi connectivity index (χ4v) is 2.98. The van der Waals surface area contributed by atoms with Crippen molar-refractivity contribution in [3.05, 3.63) is 56.7 Å². The zero-order chi connectivity index (χ0) is 13.4. The van der Waals surface area contributed by atoms with Crippen molar-refractivity contribution in [2.75, 3.05) is 17.2 Å². The molecule has 1 aliphatic rings. The Morgan fingerprint density at radius 3 is 2.68 bits per heavy atom. The molecule has 3 heteroatoms. The van der Waals surface area contributed by atoms with Crippen molar-refractivity contribution in [3.8, 4) is 0 Å². The quantitative estimate of drug-likeness (QED) is 0.650. The van der Waals surface area contributed by atoms with E-state index in [2.05, 4.69) is 70.8 Å². The summed E-state index contributed by atoms with van der Waals surface area (Å²) < 4.78 is 1.28. The topological polar surface area (TPSA) is 29.3 Å². The summed E-state index contributed by atoms with van der Waals surface area (Å²) in [6.07, 6.45) is 1.13. The largest absolute Gasteiger partial charge is 0.398 e. The van der Waals surface area contributed by atoms with Gasteiger partial charge < -0.3 is 10.6 Å². The smallest absolute Gasteiger partial charge is 0.0429 e. The first-order valence-electron chi connectivity index (χ1n) is 6.52. The fraction of sp³-hybridized carbons (Fsp3) is 0.250. The van der Waals surface area contributed by atoms with Gasteiger partial charge in [0.1, 0.15) is 0 Å². The molecule has 2 aromatic carbocycles. The Bertz CT molecular complexity index is 605. The zero-order valence-corrected chi connectivity index (χ0v) is 13.1. The van der Waals surface area contributed by atoms with Crippen LogP contribution in [0.5, 0.6) is 0 Å². The first-order chi connectivity index (χ1) is 9.13. The molecule has 2 nitrogen and oxygen atoms in total. The number of nitrogens with two attached hydrogens (primary N) is 1. The van der Waals surface area contributed by atoms with E-state index in [1.54, 1.807) is 0 Å². The van der Waals surface area contributed by atoms with Gasteiger partial charge in [-0.2, -0.15) is 0 Å². The molecule has 2 N–H and O–H groups in total. The molecule has 19 heavy (non-hydrogen) atoms. The van der Waals surface area contributed by atoms with Gasteiger partial charge in [-0.3, -0.25) is 0 Å². The van der Waals surface area contributed by atoms with Crippen LogP contribution in [0.3, 0.4) is 0 Å². The first kappa shape index (κ1) is 12.8. The van der Waals surface area contributed by atoms with Gasteiger partial charge in [0.2, 0.25) is 0 Å². The Kier molecular flexibility index (Phi) is 3.39. The third-order valence-electron chi connectivity index (χ3n) is 3.75. The van der Waals surface area contributed by atoms with E-state index in [0.717, 1.165) is 25.2 Å². The first-order valence-corrected chi connectivity index (χ1v) is 7.60. The summed E-state index contributed by atoms with van der Waals surface area (Å²) in [4.78, 5) is 2.42. The molecule has 1 aliphatic heterocycles. The number of rotatable bonds is 2. The van der Waals surface area contributed by atoms with Gasteiger partial charge in [0.05, 0.1) is 0 Å². The Morgan fingerprint density at radius 1 is 1.21 bits per heavy atom. The molecule has 98 valence electrons. The van der Waals surface area contributed by atoms with Crippen molar-refractivity contribution in [2.45, 2.75) is 19.9 Å². The molecule has 1 heterocycles. The minimum atomic E-state index is 0.897. The summed E-state index contributed by atoms with van der Waals surface area (Å²) in [5.74, 6) is 0. The number of halogens is 1. The maximum absolute atomic E-state index is 6.04. The molecule has 0 aromatic heterocycles. The lowest BCUT2D eigenvalue weighted by atomic mass is 10.1. The zero-order valence-electron chi connectivity index (χ0n) is 11.0. The molecule has 0 fully saturated rings. The van der Waals surface area contributed by atoms with Crippen molar-refractivity contribution in [2.24, 2.45) is 0 Å². The molecule has 0 unspecified atom stereocenters. The van der Waals surface area contributed by atoms with Crippen LogP contribution < -0.4 is 10.6 Å². The van der Waals surface area contributed by atoms with E-state index in [-0.39, 0.29) is 0 Å². The van der Waals surface area contributed by atoms with Gasteiger partial charge in [0, 0.05) is 28.0 Å². The van der Waals surface area contributed by atoms with Gasteiger partial charge in [-0.25, -0.2) is 0 Å². The van der Waals surface area contributed by atoms with Gasteiger partial charge in [-0.05, 0) is 70.8 Å². The van der Waals surface area contributed by atoms with Crippen LogP contribution in [0, 0.1) is 10.5 Å². The average Bonchev–Trinajstić information content (AvgIpc) is 2.76. The van der Waals surface area contributed by atoms with E-state index in [1.807, 2.05) is 0 Å². The molecule has 0 saturated heterocycles. The molecule has 0 amide bonds. The van der Waals surface area contributed by atoms with Crippen LogP contribution >= 0.6 is 22.6 Å². The van der Waals surface area contributed by atoms with Gasteiger partial charge in [0.15, 0.2) is 0 Å². The highest BCUT2D eigenvalue weighted by atomic mass is 127. The van der Waals surface area contributed by atoms with Crippen LogP contribution in [-0.4, -0.2) is 6.54 Å². The van der Waals surface area contributed by atoms with Crippen molar-refractivity contribution >= 4 is 34.0 Å². The van der Waals surface area contributed by atoms with E-state index < -0.39 is 0 Å². The molecule has 0 radical (unpaired) electrons. The number of hydrogen-bond donors (Lipinski definition) is 1. The number of hydrogen-bond acceptors (Lipinski definition) is 2. The highest BCUT2D eigenvalue weighted by molar-refractivity contribution is 14.1. The molecule has 0 bridgehead atoms. The molecule has 0 aliphatic carbocycles. The maximum atomic E-state index is 6.04. The fourth-order valence-electron chi connectivity index (χ4n) is 2.62. The Balaban J connectivity index is 1.86. The SMILES string of the molecule is Cc1cc2c(cc1N)N(Cc1ccc(I)cc1)CC2. The molecule has 0 saturated carbocycles. The second-order valence-corrected chi connectivity index (χ2v) is 6.38. The Labute approximate surface area is 127 Å². The summed E-state index contributed by atoms with van der Waals surface area (Å²) in [7, 11) is 0. The van der Waals surface area contributed by atoms with E-state index in [1.165, 1.54) is 25.9 Å². The number of aryl methyl sites for hydroxylation is 1. The van der Waals surface area contributed by atoms with Crippen molar-refractivity contribution in [3.63, 3.8) is 0 Å². The van der Waals surface area contributed by atoms with Crippen molar-refractivity contribution in [1.29, 1.82) is 0 Å². The van der Waals surface area contributed by atoms with Crippen LogP contribution in [0.15, 0.2) is 36.4 Å². The van der Waals surface area contributed by atoms with Crippen LogP contribution in [0.4, 0.5) is 11.4 Å². The van der Waals surface area contributed by atoms with Crippen LogP contribution in [0.25, 0.3) is 0 Å². The van der Waals surface area contributed by atoms with Crippen LogP contribution in [0.2, 0.25) is 0 Å². The molecule has 2 aromatic rings. The minimum absolute atomic E-state index is 0.897. The lowest BCUT2D eigenvalue weighted by Gasteiger charge is -2.20. The number of benzene rings is 2. The molecular formula is C16H17IN2. The standard InChI is InChI=1S/C16H17IN2/c1-11-8-13-6-7-19(16(13)9-15(11)18)10-12-2-4-14(17)5-3-12/h2-5,8-9H,6-7,10,18H2,1H3. The van der Waals surface area contributed by atoms with E-state index in [9.17, 15) is 0 Å². The van der Waals surface area contributed by atoms with E-state index >= 15 is 0 Å². The summed E-state index contributed by atoms with van der Waals surface area (Å²) in [6, 6.07) is 13.1. The second kappa shape index (κ2) is 5.04. The number of nitrogen functional groups attached to an aromatic ring is 1. The normalized spacial score (nSPS) is 13.7. The third kappa shape index (κ3) is 2.56. The number of nitrogens with zero attached hydrogens (tertiary/aromatic N) is 1. The third-order valence-corrected chi connectivity index (χ3v) is 4.46. The Hall–Kier alpha value is -1.23. The van der Waals surface area contributed by atoms with Crippen molar-refractivity contribution < 1.29 is 0 Å². The predicted octanol–water partition coefficient (Wildman–Crippen LogP) is 3.74. The highest BCUT2D eigenvalue weighted by Crippen LogP contribution is 2.33. The van der Waals surface area contributed by atoms with Gasteiger partial charge >= 0.3 is 0 Å². The van der Waals surface area contributed by atoms with Crippen molar-refractivity contribution in [1.82, 2.24) is 0 Å². The van der Waals surface area contributed by atoms with Crippen LogP contribution in [0.1, 0.15) is 16.7 Å². The van der Waals surface area contributed by atoms with Crippen LogP contribution in [-0.2, 0) is 13.0 Å². The van der Waals surface area contributed by atoms with Gasteiger partial charge in [-0.15, -0.1) is 0 Å². The maximum Gasteiger partial charge on any atom is 0.0429 e. The summed E-state index contributed by atoms with van der Waals surface area (Å²) in [5, 5.41) is 0. The highest BCUT2D eigenvalue weighted by Gasteiger charge is 2.20. The van der Waals surface area contributed by atoms with Gasteiger partial charge in [0.25, 0.3) is 0 Å². The summed E-state index contributed by atoms with van der Waals surface area (Å²) in [6.45, 7) is 4.13. The molecular weight excluding hydrogens is 347 g/mol. The van der Waals surface area contributed by atoms with E-state index in [0.29, 0.717) is 0 Å². The molecule has 0 spiro atoms.